The molecule has 2 aromatic rings. The van der Waals surface area contributed by atoms with Gasteiger partial charge >= 0.3 is 0 Å². The van der Waals surface area contributed by atoms with Crippen molar-refractivity contribution in [3.63, 3.8) is 0 Å². The number of hydrogen-bond donors (Lipinski definition) is 1. The Labute approximate surface area is 122 Å². The van der Waals surface area contributed by atoms with Gasteiger partial charge in [0.2, 0.25) is 0 Å². The second kappa shape index (κ2) is 5.69. The van der Waals surface area contributed by atoms with Crippen LogP contribution in [0.15, 0.2) is 24.3 Å². The van der Waals surface area contributed by atoms with Crippen molar-refractivity contribution in [2.24, 2.45) is 0 Å². The maximum Gasteiger partial charge on any atom is 0.259 e. The fraction of sp³-hybridized carbons (Fsp3) is 0. The molecule has 0 unspecified atom stereocenters. The molecule has 98 valence electrons. The fourth-order valence-electron chi connectivity index (χ4n) is 1.29. The molecule has 0 aliphatic rings. The van der Waals surface area contributed by atoms with Crippen molar-refractivity contribution < 1.29 is 9.18 Å². The lowest BCUT2D eigenvalue weighted by Crippen LogP contribution is -2.14. The summed E-state index contributed by atoms with van der Waals surface area (Å²) in [6, 6.07) is 5.09. The number of nitrogens with one attached hydrogen (secondary N) is 1. The van der Waals surface area contributed by atoms with Gasteiger partial charge in [0.15, 0.2) is 10.3 Å². The molecule has 4 nitrogen and oxygen atoms in total. The van der Waals surface area contributed by atoms with Crippen LogP contribution < -0.4 is 5.32 Å². The van der Waals surface area contributed by atoms with E-state index in [-0.39, 0.29) is 26.6 Å². The maximum atomic E-state index is 13.5. The highest BCUT2D eigenvalue weighted by Gasteiger charge is 2.15. The van der Waals surface area contributed by atoms with Crippen LogP contribution in [0.2, 0.25) is 15.3 Å². The van der Waals surface area contributed by atoms with Crippen LogP contribution >= 0.6 is 34.8 Å². The standard InChI is InChI=1S/C11H5Cl3FN3O/c12-5-1-2-8(7(15)3-5)16-11(19)6-4-9(13)17-18-10(6)14/h1-4H,(H,16,19). The average molecular weight is 321 g/mol. The zero-order chi connectivity index (χ0) is 14.0. The van der Waals surface area contributed by atoms with E-state index in [4.69, 9.17) is 34.8 Å². The number of nitrogens with zero attached hydrogens (tertiary/aromatic N) is 2. The maximum absolute atomic E-state index is 13.5. The van der Waals surface area contributed by atoms with Crippen LogP contribution in [-0.4, -0.2) is 16.1 Å². The normalized spacial score (nSPS) is 10.3. The molecule has 0 saturated carbocycles. The molecule has 0 atom stereocenters. The van der Waals surface area contributed by atoms with Gasteiger partial charge < -0.3 is 5.32 Å². The summed E-state index contributed by atoms with van der Waals surface area (Å²) in [6.45, 7) is 0. The monoisotopic (exact) mass is 319 g/mol. The van der Waals surface area contributed by atoms with E-state index in [0.29, 0.717) is 0 Å². The number of amides is 1. The molecule has 1 aromatic carbocycles. The molecule has 0 aliphatic heterocycles. The van der Waals surface area contributed by atoms with E-state index >= 15 is 0 Å². The number of halogens is 4. The molecule has 19 heavy (non-hydrogen) atoms. The van der Waals surface area contributed by atoms with Crippen LogP contribution in [0.5, 0.6) is 0 Å². The van der Waals surface area contributed by atoms with Crippen molar-refractivity contribution in [1.82, 2.24) is 10.2 Å². The predicted molar refractivity (Wildman–Crippen MR) is 71.4 cm³/mol. The predicted octanol–water partition coefficient (Wildman–Crippen LogP) is 3.83. The number of benzene rings is 1. The van der Waals surface area contributed by atoms with Crippen LogP contribution in [-0.2, 0) is 0 Å². The Morgan fingerprint density at radius 2 is 1.89 bits per heavy atom. The van der Waals surface area contributed by atoms with E-state index in [2.05, 4.69) is 15.5 Å². The number of aromatic nitrogens is 2. The van der Waals surface area contributed by atoms with E-state index in [9.17, 15) is 9.18 Å². The van der Waals surface area contributed by atoms with Gasteiger partial charge in [0.25, 0.3) is 5.91 Å². The van der Waals surface area contributed by atoms with Crippen molar-refractivity contribution in [2.45, 2.75) is 0 Å². The summed E-state index contributed by atoms with van der Waals surface area (Å²) in [5, 5.41) is 9.40. The van der Waals surface area contributed by atoms with Gasteiger partial charge in [0.1, 0.15) is 5.82 Å². The summed E-state index contributed by atoms with van der Waals surface area (Å²) in [4.78, 5) is 11.9. The van der Waals surface area contributed by atoms with Crippen LogP contribution in [0.25, 0.3) is 0 Å². The van der Waals surface area contributed by atoms with Crippen molar-refractivity contribution in [3.05, 3.63) is 51.0 Å². The summed E-state index contributed by atoms with van der Waals surface area (Å²) in [5.41, 5.74) is -0.0329. The van der Waals surface area contributed by atoms with Gasteiger partial charge in [-0.15, -0.1) is 10.2 Å². The quantitative estimate of drug-likeness (QED) is 0.915. The molecule has 0 bridgehead atoms. The third-order valence-corrected chi connectivity index (χ3v) is 2.84. The molecule has 1 amide bonds. The first-order chi connectivity index (χ1) is 8.97. The largest absolute Gasteiger partial charge is 0.319 e. The highest BCUT2D eigenvalue weighted by Crippen LogP contribution is 2.21. The van der Waals surface area contributed by atoms with Gasteiger partial charge in [0, 0.05) is 5.02 Å². The van der Waals surface area contributed by atoms with Gasteiger partial charge in [0.05, 0.1) is 11.3 Å². The van der Waals surface area contributed by atoms with Crippen LogP contribution in [0.1, 0.15) is 10.4 Å². The fourth-order valence-corrected chi connectivity index (χ4v) is 1.78. The van der Waals surface area contributed by atoms with Crippen molar-refractivity contribution in [2.75, 3.05) is 5.32 Å². The lowest BCUT2D eigenvalue weighted by atomic mass is 10.2. The molecule has 1 heterocycles. The highest BCUT2D eigenvalue weighted by molar-refractivity contribution is 6.34. The molecule has 2 rings (SSSR count). The first-order valence-corrected chi connectivity index (χ1v) is 6.06. The first-order valence-electron chi connectivity index (χ1n) is 4.92. The second-order valence-electron chi connectivity index (χ2n) is 3.45. The van der Waals surface area contributed by atoms with Crippen molar-refractivity contribution in [1.29, 1.82) is 0 Å². The SMILES string of the molecule is O=C(Nc1ccc(Cl)cc1F)c1cc(Cl)nnc1Cl. The van der Waals surface area contributed by atoms with Crippen LogP contribution in [0.4, 0.5) is 10.1 Å². The Hall–Kier alpha value is -1.43. The highest BCUT2D eigenvalue weighted by atomic mass is 35.5. The molecule has 0 aliphatic carbocycles. The number of carbonyl (C=O) groups is 1. The number of rotatable bonds is 2. The zero-order valence-electron chi connectivity index (χ0n) is 9.12. The Bertz CT molecular complexity index is 651. The molecule has 0 fully saturated rings. The second-order valence-corrected chi connectivity index (χ2v) is 4.63. The van der Waals surface area contributed by atoms with E-state index < -0.39 is 11.7 Å². The molecular formula is C11H5Cl3FN3O. The van der Waals surface area contributed by atoms with Crippen LogP contribution in [0, 0.1) is 5.82 Å². The Balaban J connectivity index is 2.28. The number of carbonyl (C=O) groups excluding carboxylic acids is 1. The molecule has 1 aromatic heterocycles. The summed E-state index contributed by atoms with van der Waals surface area (Å²) in [5.74, 6) is -1.31. The molecule has 8 heteroatoms. The zero-order valence-corrected chi connectivity index (χ0v) is 11.4. The molecule has 1 N–H and O–H groups in total. The van der Waals surface area contributed by atoms with Gasteiger partial charge in [-0.3, -0.25) is 4.79 Å². The minimum atomic E-state index is -0.662. The van der Waals surface area contributed by atoms with E-state index in [1.807, 2.05) is 0 Å². The van der Waals surface area contributed by atoms with E-state index in [1.54, 1.807) is 0 Å². The lowest BCUT2D eigenvalue weighted by molar-refractivity contribution is 0.102. The van der Waals surface area contributed by atoms with E-state index in [1.165, 1.54) is 18.2 Å². The van der Waals surface area contributed by atoms with E-state index in [0.717, 1.165) is 6.07 Å². The first kappa shape index (κ1) is 14.0. The lowest BCUT2D eigenvalue weighted by Gasteiger charge is -2.07. The van der Waals surface area contributed by atoms with Gasteiger partial charge in [-0.1, -0.05) is 34.8 Å². The summed E-state index contributed by atoms with van der Waals surface area (Å²) >= 11 is 16.9. The smallest absolute Gasteiger partial charge is 0.259 e. The summed E-state index contributed by atoms with van der Waals surface area (Å²) in [6.07, 6.45) is 0. The Morgan fingerprint density at radius 3 is 2.58 bits per heavy atom. The molecule has 0 radical (unpaired) electrons. The van der Waals surface area contributed by atoms with Gasteiger partial charge in [-0.05, 0) is 24.3 Å². The summed E-state index contributed by atoms with van der Waals surface area (Å²) in [7, 11) is 0. The third-order valence-electron chi connectivity index (χ3n) is 2.14. The van der Waals surface area contributed by atoms with Crippen molar-refractivity contribution >= 4 is 46.4 Å². The van der Waals surface area contributed by atoms with Gasteiger partial charge in [-0.2, -0.15) is 0 Å². The number of anilines is 1. The summed E-state index contributed by atoms with van der Waals surface area (Å²) < 4.78 is 13.5. The van der Waals surface area contributed by atoms with Crippen molar-refractivity contribution in [3.8, 4) is 0 Å². The van der Waals surface area contributed by atoms with Gasteiger partial charge in [-0.25, -0.2) is 4.39 Å². The Kier molecular flexibility index (Phi) is 4.19. The average Bonchev–Trinajstić information content (AvgIpc) is 2.35. The van der Waals surface area contributed by atoms with Crippen LogP contribution in [0.3, 0.4) is 0 Å². The topological polar surface area (TPSA) is 54.9 Å². The molecule has 0 spiro atoms. The molecular weight excluding hydrogens is 315 g/mol. The molecule has 0 saturated heterocycles. The minimum Gasteiger partial charge on any atom is -0.319 e. The minimum absolute atomic E-state index is 0.00369. The third kappa shape index (κ3) is 3.32. The Morgan fingerprint density at radius 1 is 1.16 bits per heavy atom. The number of hydrogen-bond acceptors (Lipinski definition) is 3.